The fourth-order valence-corrected chi connectivity index (χ4v) is 3.61. The molecule has 1 unspecified atom stereocenters. The van der Waals surface area contributed by atoms with Crippen molar-refractivity contribution < 1.29 is 14.3 Å². The lowest BCUT2D eigenvalue weighted by Crippen LogP contribution is -2.32. The summed E-state index contributed by atoms with van der Waals surface area (Å²) in [7, 11) is 0. The summed E-state index contributed by atoms with van der Waals surface area (Å²) in [5, 5.41) is 7.60. The SMILES string of the molecule is Cc1cc2ncc(C(=O)NC(c3ccc4c(c3)OCCCO4)C(C)C)c(C)n2n1. The van der Waals surface area contributed by atoms with Crippen LogP contribution in [0.5, 0.6) is 11.5 Å². The summed E-state index contributed by atoms with van der Waals surface area (Å²) in [6, 6.07) is 7.60. The predicted octanol–water partition coefficient (Wildman–Crippen LogP) is 3.63. The van der Waals surface area contributed by atoms with Gasteiger partial charge in [0.15, 0.2) is 17.1 Å². The van der Waals surface area contributed by atoms with Gasteiger partial charge >= 0.3 is 0 Å². The number of carbonyl (C=O) groups is 1. The first-order valence-electron chi connectivity index (χ1n) is 9.96. The van der Waals surface area contributed by atoms with E-state index >= 15 is 0 Å². The summed E-state index contributed by atoms with van der Waals surface area (Å²) in [4.78, 5) is 17.5. The lowest BCUT2D eigenvalue weighted by molar-refractivity contribution is 0.0923. The van der Waals surface area contributed by atoms with Gasteiger partial charge in [-0.25, -0.2) is 9.50 Å². The number of aryl methyl sites for hydroxylation is 2. The summed E-state index contributed by atoms with van der Waals surface area (Å²) in [5.74, 6) is 1.49. The second kappa shape index (κ2) is 7.73. The molecule has 7 heteroatoms. The van der Waals surface area contributed by atoms with Crippen LogP contribution in [0, 0.1) is 19.8 Å². The quantitative estimate of drug-likeness (QED) is 0.731. The first-order chi connectivity index (χ1) is 13.9. The predicted molar refractivity (Wildman–Crippen MR) is 110 cm³/mol. The van der Waals surface area contributed by atoms with Gasteiger partial charge in [0.05, 0.1) is 36.2 Å². The molecule has 0 bridgehead atoms. The lowest BCUT2D eigenvalue weighted by Gasteiger charge is -2.24. The van der Waals surface area contributed by atoms with E-state index in [1.54, 1.807) is 10.7 Å². The molecule has 7 nitrogen and oxygen atoms in total. The average Bonchev–Trinajstić information content (AvgIpc) is 2.92. The highest BCUT2D eigenvalue weighted by atomic mass is 16.5. The van der Waals surface area contributed by atoms with Crippen LogP contribution in [0.2, 0.25) is 0 Å². The molecule has 0 spiro atoms. The molecule has 3 aromatic rings. The maximum absolute atomic E-state index is 13.1. The fourth-order valence-electron chi connectivity index (χ4n) is 3.61. The van der Waals surface area contributed by atoms with Gasteiger partial charge in [-0.05, 0) is 37.5 Å². The summed E-state index contributed by atoms with van der Waals surface area (Å²) >= 11 is 0. The normalized spacial score (nSPS) is 14.7. The smallest absolute Gasteiger partial charge is 0.255 e. The molecule has 1 N–H and O–H groups in total. The zero-order chi connectivity index (χ0) is 20.5. The third-order valence-electron chi connectivity index (χ3n) is 5.17. The van der Waals surface area contributed by atoms with Crippen molar-refractivity contribution in [3.05, 3.63) is 53.0 Å². The van der Waals surface area contributed by atoms with Crippen molar-refractivity contribution in [3.63, 3.8) is 0 Å². The Bertz CT molecular complexity index is 1060. The second-order valence-corrected chi connectivity index (χ2v) is 7.76. The molecule has 1 aromatic carbocycles. The van der Waals surface area contributed by atoms with E-state index in [1.807, 2.05) is 38.1 Å². The summed E-state index contributed by atoms with van der Waals surface area (Å²) < 4.78 is 13.3. The number of rotatable bonds is 4. The standard InChI is InChI=1S/C22H26N4O3/c1-13(2)21(16-6-7-18-19(11-16)29-9-5-8-28-18)24-22(27)17-12-23-20-10-14(3)25-26(20)15(17)4/h6-7,10-13,21H,5,8-9H2,1-4H3,(H,24,27). The number of fused-ring (bicyclic) bond motifs is 2. The van der Waals surface area contributed by atoms with E-state index in [0.29, 0.717) is 18.8 Å². The largest absolute Gasteiger partial charge is 0.490 e. The van der Waals surface area contributed by atoms with E-state index < -0.39 is 0 Å². The molecule has 29 heavy (non-hydrogen) atoms. The topological polar surface area (TPSA) is 77.8 Å². The minimum atomic E-state index is -0.172. The Labute approximate surface area is 170 Å². The molecule has 1 aliphatic rings. The maximum Gasteiger partial charge on any atom is 0.255 e. The molecule has 152 valence electrons. The van der Waals surface area contributed by atoms with E-state index in [4.69, 9.17) is 9.47 Å². The Hall–Kier alpha value is -3.09. The van der Waals surface area contributed by atoms with Gasteiger partial charge in [0.1, 0.15) is 0 Å². The van der Waals surface area contributed by atoms with Crippen molar-refractivity contribution >= 4 is 11.6 Å². The zero-order valence-corrected chi connectivity index (χ0v) is 17.2. The van der Waals surface area contributed by atoms with Crippen LogP contribution in [0.1, 0.15) is 53.6 Å². The molecule has 1 atom stereocenters. The Morgan fingerprint density at radius 2 is 1.90 bits per heavy atom. The van der Waals surface area contributed by atoms with Crippen molar-refractivity contribution in [3.8, 4) is 11.5 Å². The Morgan fingerprint density at radius 1 is 1.14 bits per heavy atom. The van der Waals surface area contributed by atoms with Crippen LogP contribution in [0.3, 0.4) is 0 Å². The van der Waals surface area contributed by atoms with Crippen LogP contribution in [0.15, 0.2) is 30.5 Å². The van der Waals surface area contributed by atoms with Gasteiger partial charge in [0, 0.05) is 18.7 Å². The van der Waals surface area contributed by atoms with Crippen LogP contribution in [0.4, 0.5) is 0 Å². The van der Waals surface area contributed by atoms with Crippen LogP contribution >= 0.6 is 0 Å². The minimum absolute atomic E-state index is 0.170. The highest BCUT2D eigenvalue weighted by Crippen LogP contribution is 2.34. The molecule has 4 rings (SSSR count). The van der Waals surface area contributed by atoms with E-state index in [1.165, 1.54) is 0 Å². The zero-order valence-electron chi connectivity index (χ0n) is 17.2. The number of amides is 1. The van der Waals surface area contributed by atoms with Crippen LogP contribution in [-0.4, -0.2) is 33.7 Å². The molecule has 0 fully saturated rings. The third-order valence-corrected chi connectivity index (χ3v) is 5.17. The summed E-state index contributed by atoms with van der Waals surface area (Å²) in [6.07, 6.45) is 2.47. The number of hydrogen-bond donors (Lipinski definition) is 1. The average molecular weight is 394 g/mol. The van der Waals surface area contributed by atoms with Gasteiger partial charge in [-0.15, -0.1) is 0 Å². The van der Waals surface area contributed by atoms with Crippen molar-refractivity contribution in [1.29, 1.82) is 0 Å². The molecule has 0 aliphatic carbocycles. The first kappa shape index (κ1) is 19.2. The molecule has 2 aromatic heterocycles. The molecule has 1 aliphatic heterocycles. The molecular formula is C22H26N4O3. The van der Waals surface area contributed by atoms with Gasteiger partial charge in [0.25, 0.3) is 5.91 Å². The highest BCUT2D eigenvalue weighted by molar-refractivity contribution is 5.95. The second-order valence-electron chi connectivity index (χ2n) is 7.76. The highest BCUT2D eigenvalue weighted by Gasteiger charge is 2.23. The van der Waals surface area contributed by atoms with E-state index in [9.17, 15) is 4.79 Å². The van der Waals surface area contributed by atoms with Gasteiger partial charge in [0.2, 0.25) is 0 Å². The Balaban J connectivity index is 1.63. The van der Waals surface area contributed by atoms with Crippen molar-refractivity contribution in [2.75, 3.05) is 13.2 Å². The molecule has 0 saturated heterocycles. The molecule has 3 heterocycles. The van der Waals surface area contributed by atoms with Crippen LogP contribution in [-0.2, 0) is 0 Å². The summed E-state index contributed by atoms with van der Waals surface area (Å²) in [5.41, 5.74) is 3.87. The number of nitrogens with one attached hydrogen (secondary N) is 1. The number of carbonyl (C=O) groups excluding carboxylic acids is 1. The lowest BCUT2D eigenvalue weighted by atomic mass is 9.95. The number of benzene rings is 1. The van der Waals surface area contributed by atoms with E-state index in [2.05, 4.69) is 29.2 Å². The first-order valence-corrected chi connectivity index (χ1v) is 9.96. The summed E-state index contributed by atoms with van der Waals surface area (Å²) in [6.45, 7) is 9.24. The van der Waals surface area contributed by atoms with Gasteiger partial charge < -0.3 is 14.8 Å². The van der Waals surface area contributed by atoms with Crippen molar-refractivity contribution in [2.24, 2.45) is 5.92 Å². The third kappa shape index (κ3) is 3.77. The monoisotopic (exact) mass is 394 g/mol. The van der Waals surface area contributed by atoms with Gasteiger partial charge in [-0.1, -0.05) is 19.9 Å². The Kier molecular flexibility index (Phi) is 5.13. The molecule has 0 radical (unpaired) electrons. The van der Waals surface area contributed by atoms with Crippen LogP contribution < -0.4 is 14.8 Å². The van der Waals surface area contributed by atoms with E-state index in [0.717, 1.165) is 40.5 Å². The van der Waals surface area contributed by atoms with Gasteiger partial charge in [-0.3, -0.25) is 4.79 Å². The van der Waals surface area contributed by atoms with Gasteiger partial charge in [-0.2, -0.15) is 5.10 Å². The number of hydrogen-bond acceptors (Lipinski definition) is 5. The Morgan fingerprint density at radius 3 is 2.66 bits per heavy atom. The van der Waals surface area contributed by atoms with E-state index in [-0.39, 0.29) is 17.9 Å². The van der Waals surface area contributed by atoms with Crippen molar-refractivity contribution in [1.82, 2.24) is 19.9 Å². The number of ether oxygens (including phenoxy) is 2. The van der Waals surface area contributed by atoms with Crippen molar-refractivity contribution in [2.45, 2.75) is 40.2 Å². The number of nitrogens with zero attached hydrogens (tertiary/aromatic N) is 3. The van der Waals surface area contributed by atoms with Crippen LogP contribution in [0.25, 0.3) is 5.65 Å². The molecular weight excluding hydrogens is 368 g/mol. The minimum Gasteiger partial charge on any atom is -0.490 e. The molecule has 0 saturated carbocycles. The maximum atomic E-state index is 13.1. The fraction of sp³-hybridized carbons (Fsp3) is 0.409. The number of aromatic nitrogens is 3. The molecule has 1 amide bonds.